The van der Waals surface area contributed by atoms with Crippen molar-refractivity contribution < 1.29 is 4.52 Å². The molecule has 0 atom stereocenters. The molecule has 2 N–H and O–H groups in total. The molecule has 154 valence electrons. The second kappa shape index (κ2) is 8.89. The van der Waals surface area contributed by atoms with E-state index in [-0.39, 0.29) is 5.41 Å². The van der Waals surface area contributed by atoms with Crippen molar-refractivity contribution in [3.05, 3.63) is 54.1 Å². The van der Waals surface area contributed by atoms with Crippen molar-refractivity contribution in [3.8, 4) is 11.3 Å². The lowest BCUT2D eigenvalue weighted by molar-refractivity contribution is 0.318. The molecular formula is C21H29N7O. The van der Waals surface area contributed by atoms with Gasteiger partial charge in [0.05, 0.1) is 18.4 Å². The number of hydrogen-bond donors (Lipinski definition) is 2. The number of guanidine groups is 1. The average molecular weight is 396 g/mol. The number of imidazole rings is 1. The zero-order chi connectivity index (χ0) is 20.9. The summed E-state index contributed by atoms with van der Waals surface area (Å²) >= 11 is 0. The first-order valence-electron chi connectivity index (χ1n) is 9.78. The van der Waals surface area contributed by atoms with Gasteiger partial charge in [0.15, 0.2) is 11.8 Å². The van der Waals surface area contributed by atoms with Crippen molar-refractivity contribution in [2.75, 3.05) is 13.6 Å². The lowest BCUT2D eigenvalue weighted by Gasteiger charge is -2.20. The van der Waals surface area contributed by atoms with Crippen molar-refractivity contribution >= 4 is 5.96 Å². The van der Waals surface area contributed by atoms with Gasteiger partial charge in [0.1, 0.15) is 12.4 Å². The summed E-state index contributed by atoms with van der Waals surface area (Å²) in [6.07, 6.45) is 1.86. The summed E-state index contributed by atoms with van der Waals surface area (Å²) in [6, 6.07) is 10.1. The van der Waals surface area contributed by atoms with Gasteiger partial charge in [-0.1, -0.05) is 56.3 Å². The van der Waals surface area contributed by atoms with Crippen LogP contribution in [0.5, 0.6) is 0 Å². The molecule has 0 aliphatic carbocycles. The molecule has 0 spiro atoms. The summed E-state index contributed by atoms with van der Waals surface area (Å²) in [5.74, 6) is 2.81. The van der Waals surface area contributed by atoms with Gasteiger partial charge in [-0.05, 0) is 12.5 Å². The van der Waals surface area contributed by atoms with Gasteiger partial charge < -0.3 is 19.7 Å². The zero-order valence-electron chi connectivity index (χ0n) is 17.7. The Bertz CT molecular complexity index is 937. The smallest absolute Gasteiger partial charge is 0.232 e. The highest BCUT2D eigenvalue weighted by molar-refractivity contribution is 5.79. The number of nitrogens with zero attached hydrogens (tertiary/aromatic N) is 5. The van der Waals surface area contributed by atoms with Crippen LogP contribution in [0, 0.1) is 0 Å². The first-order valence-corrected chi connectivity index (χ1v) is 9.78. The molecule has 3 rings (SSSR count). The Morgan fingerprint density at radius 3 is 2.66 bits per heavy atom. The average Bonchev–Trinajstić information content (AvgIpc) is 3.35. The van der Waals surface area contributed by atoms with Crippen LogP contribution in [0.25, 0.3) is 11.3 Å². The molecule has 0 bridgehead atoms. The predicted octanol–water partition coefficient (Wildman–Crippen LogP) is 3.35. The Hall–Kier alpha value is -3.16. The second-order valence-electron chi connectivity index (χ2n) is 7.90. The Morgan fingerprint density at radius 1 is 1.24 bits per heavy atom. The van der Waals surface area contributed by atoms with Gasteiger partial charge in [-0.3, -0.25) is 0 Å². The highest BCUT2D eigenvalue weighted by Gasteiger charge is 2.21. The largest absolute Gasteiger partial charge is 0.357 e. The molecule has 2 aromatic heterocycles. The number of aromatic amines is 1. The maximum absolute atomic E-state index is 5.34. The summed E-state index contributed by atoms with van der Waals surface area (Å²) in [7, 11) is 1.98. The third-order valence-corrected chi connectivity index (χ3v) is 4.28. The SMILES string of the molecule is CCNC(=NCc1noc(C(C)(C)C)n1)N(C)Cc1ncc(-c2ccccc2)[nH]1. The number of H-pyrrole nitrogens is 1. The molecule has 0 aliphatic heterocycles. The van der Waals surface area contributed by atoms with E-state index < -0.39 is 0 Å². The van der Waals surface area contributed by atoms with Crippen LogP contribution >= 0.6 is 0 Å². The Labute approximate surface area is 171 Å². The first-order chi connectivity index (χ1) is 13.9. The van der Waals surface area contributed by atoms with Gasteiger partial charge in [0, 0.05) is 19.0 Å². The van der Waals surface area contributed by atoms with E-state index in [4.69, 9.17) is 4.52 Å². The maximum Gasteiger partial charge on any atom is 0.232 e. The molecule has 3 aromatic rings. The predicted molar refractivity (Wildman–Crippen MR) is 113 cm³/mol. The minimum atomic E-state index is -0.175. The molecule has 0 amide bonds. The molecule has 8 nitrogen and oxygen atoms in total. The van der Waals surface area contributed by atoms with Crippen molar-refractivity contribution in [1.82, 2.24) is 30.3 Å². The molecule has 8 heteroatoms. The van der Waals surface area contributed by atoms with Crippen LogP contribution in [0.3, 0.4) is 0 Å². The molecule has 0 radical (unpaired) electrons. The van der Waals surface area contributed by atoms with Crippen LogP contribution in [-0.4, -0.2) is 44.6 Å². The highest BCUT2D eigenvalue weighted by atomic mass is 16.5. The van der Waals surface area contributed by atoms with E-state index in [1.165, 1.54) is 0 Å². The molecule has 0 unspecified atom stereocenters. The van der Waals surface area contributed by atoms with E-state index in [2.05, 4.69) is 42.6 Å². The van der Waals surface area contributed by atoms with Crippen molar-refractivity contribution in [3.63, 3.8) is 0 Å². The zero-order valence-corrected chi connectivity index (χ0v) is 17.7. The van der Waals surface area contributed by atoms with E-state index in [9.17, 15) is 0 Å². The summed E-state index contributed by atoms with van der Waals surface area (Å²) in [5, 5.41) is 7.33. The third kappa shape index (κ3) is 5.43. The van der Waals surface area contributed by atoms with Gasteiger partial charge in [0.2, 0.25) is 5.89 Å². The topological polar surface area (TPSA) is 95.2 Å². The van der Waals surface area contributed by atoms with Gasteiger partial charge >= 0.3 is 0 Å². The number of aromatic nitrogens is 4. The minimum Gasteiger partial charge on any atom is -0.357 e. The Balaban J connectivity index is 1.68. The molecule has 0 aliphatic rings. The van der Waals surface area contributed by atoms with E-state index in [0.29, 0.717) is 24.8 Å². The highest BCUT2D eigenvalue weighted by Crippen LogP contribution is 2.20. The van der Waals surface area contributed by atoms with Crippen LogP contribution in [0.1, 0.15) is 45.2 Å². The summed E-state index contributed by atoms with van der Waals surface area (Å²) in [4.78, 5) is 19.0. The van der Waals surface area contributed by atoms with Crippen LogP contribution < -0.4 is 5.32 Å². The lowest BCUT2D eigenvalue weighted by atomic mass is 9.97. The standard InChI is InChI=1S/C21H29N7O/c1-6-22-20(24-13-17-26-19(29-27-17)21(2,3)4)28(5)14-18-23-12-16(25-18)15-10-8-7-9-11-15/h7-12H,6,13-14H2,1-5H3,(H,22,24)(H,23,25). The third-order valence-electron chi connectivity index (χ3n) is 4.28. The minimum absolute atomic E-state index is 0.175. The fourth-order valence-corrected chi connectivity index (χ4v) is 2.74. The number of hydrogen-bond acceptors (Lipinski definition) is 5. The lowest BCUT2D eigenvalue weighted by Crippen LogP contribution is -2.38. The van der Waals surface area contributed by atoms with Gasteiger partial charge in [0.25, 0.3) is 0 Å². The molecule has 2 heterocycles. The van der Waals surface area contributed by atoms with Crippen molar-refractivity contribution in [2.24, 2.45) is 4.99 Å². The van der Waals surface area contributed by atoms with Gasteiger partial charge in [-0.15, -0.1) is 0 Å². The molecule has 29 heavy (non-hydrogen) atoms. The molecule has 1 aromatic carbocycles. The van der Waals surface area contributed by atoms with Crippen molar-refractivity contribution in [1.29, 1.82) is 0 Å². The van der Waals surface area contributed by atoms with Crippen molar-refractivity contribution in [2.45, 2.75) is 46.2 Å². The fraction of sp³-hybridized carbons (Fsp3) is 0.429. The monoisotopic (exact) mass is 395 g/mol. The Morgan fingerprint density at radius 2 is 2.00 bits per heavy atom. The number of nitrogens with one attached hydrogen (secondary N) is 2. The van der Waals surface area contributed by atoms with Crippen LogP contribution in [-0.2, 0) is 18.5 Å². The second-order valence-corrected chi connectivity index (χ2v) is 7.90. The van der Waals surface area contributed by atoms with E-state index in [1.807, 2.05) is 64.0 Å². The van der Waals surface area contributed by atoms with E-state index in [0.717, 1.165) is 29.6 Å². The van der Waals surface area contributed by atoms with Gasteiger partial charge in [-0.2, -0.15) is 4.98 Å². The number of aliphatic imine (C=N–C) groups is 1. The maximum atomic E-state index is 5.34. The van der Waals surface area contributed by atoms with E-state index in [1.54, 1.807) is 0 Å². The van der Waals surface area contributed by atoms with E-state index >= 15 is 0 Å². The molecule has 0 fully saturated rings. The molecule has 0 saturated heterocycles. The Kier molecular flexibility index (Phi) is 6.31. The van der Waals surface area contributed by atoms with Crippen LogP contribution in [0.4, 0.5) is 0 Å². The number of benzene rings is 1. The van der Waals surface area contributed by atoms with Crippen LogP contribution in [0.2, 0.25) is 0 Å². The normalized spacial score (nSPS) is 12.2. The number of rotatable bonds is 6. The summed E-state index contributed by atoms with van der Waals surface area (Å²) in [5.41, 5.74) is 1.94. The molecule has 0 saturated carbocycles. The summed E-state index contributed by atoms with van der Waals surface area (Å²) in [6.45, 7) is 9.86. The fourth-order valence-electron chi connectivity index (χ4n) is 2.74. The van der Waals surface area contributed by atoms with Gasteiger partial charge in [-0.25, -0.2) is 9.98 Å². The van der Waals surface area contributed by atoms with Crippen LogP contribution in [0.15, 0.2) is 46.0 Å². The quantitative estimate of drug-likeness (QED) is 0.491. The summed E-state index contributed by atoms with van der Waals surface area (Å²) < 4.78 is 5.34. The first kappa shape index (κ1) is 20.6. The molecular weight excluding hydrogens is 366 g/mol.